The molecule has 0 unspecified atom stereocenters. The summed E-state index contributed by atoms with van der Waals surface area (Å²) in [4.78, 5) is 4.15. The van der Waals surface area contributed by atoms with E-state index in [4.69, 9.17) is 16.3 Å². The normalized spacial score (nSPS) is 10.4. The first-order valence-electron chi connectivity index (χ1n) is 4.31. The van der Waals surface area contributed by atoms with Gasteiger partial charge < -0.3 is 4.74 Å². The second-order valence-electron chi connectivity index (χ2n) is 2.97. The number of hydrogen-bond acceptors (Lipinski definition) is 3. The van der Waals surface area contributed by atoms with Crippen molar-refractivity contribution in [2.45, 2.75) is 6.61 Å². The molecule has 1 aromatic heterocycles. The molecule has 0 aliphatic carbocycles. The highest BCUT2D eigenvalue weighted by atomic mass is 127. The Balaban J connectivity index is 2.12. The van der Waals surface area contributed by atoms with Crippen molar-refractivity contribution in [3.63, 3.8) is 0 Å². The second kappa shape index (κ2) is 5.66. The van der Waals surface area contributed by atoms with Gasteiger partial charge in [-0.2, -0.15) is 0 Å². The lowest BCUT2D eigenvalue weighted by Crippen LogP contribution is -1.97. The Morgan fingerprint density at radius 1 is 1.50 bits per heavy atom. The Morgan fingerprint density at radius 2 is 2.31 bits per heavy atom. The van der Waals surface area contributed by atoms with Gasteiger partial charge in [0.05, 0.1) is 19.8 Å². The van der Waals surface area contributed by atoms with Gasteiger partial charge in [0.25, 0.3) is 0 Å². The standard InChI is InChI=1S/C10H6BrClINOS/c11-7-1-10(9(13)2-8(7)12)15-3-6-4-16-5-14-6/h1-2,4-5H,3H2. The number of benzene rings is 1. The van der Waals surface area contributed by atoms with Crippen LogP contribution < -0.4 is 4.74 Å². The number of thiazole rings is 1. The third kappa shape index (κ3) is 3.09. The van der Waals surface area contributed by atoms with Crippen LogP contribution in [0.15, 0.2) is 27.5 Å². The fourth-order valence-electron chi connectivity index (χ4n) is 1.08. The summed E-state index contributed by atoms with van der Waals surface area (Å²) < 4.78 is 7.49. The first-order valence-corrected chi connectivity index (χ1v) is 7.50. The van der Waals surface area contributed by atoms with Crippen LogP contribution in [0.25, 0.3) is 0 Å². The maximum Gasteiger partial charge on any atom is 0.134 e. The average Bonchev–Trinajstić information content (AvgIpc) is 2.74. The molecule has 0 saturated heterocycles. The maximum absolute atomic E-state index is 5.97. The fourth-order valence-corrected chi connectivity index (χ4v) is 2.91. The lowest BCUT2D eigenvalue weighted by Gasteiger charge is -2.08. The van der Waals surface area contributed by atoms with E-state index in [2.05, 4.69) is 43.5 Å². The molecule has 0 aliphatic heterocycles. The minimum atomic E-state index is 0.480. The molecule has 0 amide bonds. The molecule has 0 aliphatic rings. The van der Waals surface area contributed by atoms with Gasteiger partial charge in [0, 0.05) is 9.85 Å². The van der Waals surface area contributed by atoms with E-state index < -0.39 is 0 Å². The molecule has 0 bridgehead atoms. The molecule has 0 spiro atoms. The van der Waals surface area contributed by atoms with Crippen LogP contribution in [0.3, 0.4) is 0 Å². The van der Waals surface area contributed by atoms with E-state index in [0.29, 0.717) is 11.6 Å². The molecular formula is C10H6BrClINOS. The molecule has 16 heavy (non-hydrogen) atoms. The minimum Gasteiger partial charge on any atom is -0.486 e. The number of nitrogens with zero attached hydrogens (tertiary/aromatic N) is 1. The number of halogens is 3. The molecule has 2 aromatic rings. The Hall–Kier alpha value is 0.150. The van der Waals surface area contributed by atoms with Crippen molar-refractivity contribution in [3.8, 4) is 5.75 Å². The molecule has 2 rings (SSSR count). The summed E-state index contributed by atoms with van der Waals surface area (Å²) in [5.74, 6) is 0.810. The first kappa shape index (κ1) is 12.6. The number of hydrogen-bond donors (Lipinski definition) is 0. The molecule has 0 radical (unpaired) electrons. The predicted octanol–water partition coefficient (Wildman–Crippen LogP) is 4.74. The lowest BCUT2D eigenvalue weighted by molar-refractivity contribution is 0.300. The molecule has 0 N–H and O–H groups in total. The number of aromatic nitrogens is 1. The van der Waals surface area contributed by atoms with Crippen LogP contribution in [0.4, 0.5) is 0 Å². The van der Waals surface area contributed by atoms with E-state index in [1.54, 1.807) is 16.8 Å². The third-order valence-electron chi connectivity index (χ3n) is 1.83. The van der Waals surface area contributed by atoms with Gasteiger partial charge in [-0.3, -0.25) is 0 Å². The lowest BCUT2D eigenvalue weighted by atomic mass is 10.3. The quantitative estimate of drug-likeness (QED) is 0.518. The molecule has 0 atom stereocenters. The van der Waals surface area contributed by atoms with Crippen LogP contribution in [0.1, 0.15) is 5.69 Å². The van der Waals surface area contributed by atoms with Crippen molar-refractivity contribution in [1.82, 2.24) is 4.98 Å². The van der Waals surface area contributed by atoms with E-state index in [1.165, 1.54) is 0 Å². The zero-order valence-electron chi connectivity index (χ0n) is 7.91. The van der Waals surface area contributed by atoms with Gasteiger partial charge >= 0.3 is 0 Å². The van der Waals surface area contributed by atoms with Crippen molar-refractivity contribution < 1.29 is 4.74 Å². The van der Waals surface area contributed by atoms with Crippen molar-refractivity contribution in [3.05, 3.63) is 41.8 Å². The summed E-state index contributed by atoms with van der Waals surface area (Å²) in [5, 5.41) is 2.66. The van der Waals surface area contributed by atoms with Gasteiger partial charge in [-0.25, -0.2) is 4.98 Å². The second-order valence-corrected chi connectivity index (χ2v) is 6.11. The molecule has 0 fully saturated rings. The third-order valence-corrected chi connectivity index (χ3v) is 4.51. The molecule has 1 heterocycles. The van der Waals surface area contributed by atoms with Crippen LogP contribution in [-0.4, -0.2) is 4.98 Å². The molecular weight excluding hydrogens is 424 g/mol. The Labute approximate surface area is 124 Å². The Morgan fingerprint density at radius 3 is 3.00 bits per heavy atom. The van der Waals surface area contributed by atoms with E-state index in [-0.39, 0.29) is 0 Å². The first-order chi connectivity index (χ1) is 7.66. The van der Waals surface area contributed by atoms with Crippen LogP contribution in [0, 0.1) is 3.57 Å². The van der Waals surface area contributed by atoms with Gasteiger partial charge in [0.2, 0.25) is 0 Å². The highest BCUT2D eigenvalue weighted by Crippen LogP contribution is 2.32. The van der Waals surface area contributed by atoms with Gasteiger partial charge in [0.1, 0.15) is 12.4 Å². The summed E-state index contributed by atoms with van der Waals surface area (Å²) in [7, 11) is 0. The Bertz CT molecular complexity index is 492. The smallest absolute Gasteiger partial charge is 0.134 e. The molecule has 0 saturated carbocycles. The molecule has 84 valence electrons. The van der Waals surface area contributed by atoms with E-state index in [0.717, 1.165) is 19.5 Å². The summed E-state index contributed by atoms with van der Waals surface area (Å²) in [6.45, 7) is 0.480. The van der Waals surface area contributed by atoms with Crippen LogP contribution in [0.5, 0.6) is 5.75 Å². The Kier molecular flexibility index (Phi) is 4.46. The largest absolute Gasteiger partial charge is 0.486 e. The molecule has 1 aromatic carbocycles. The zero-order chi connectivity index (χ0) is 11.5. The van der Waals surface area contributed by atoms with E-state index in [1.807, 2.05) is 17.5 Å². The number of ether oxygens (including phenoxy) is 1. The summed E-state index contributed by atoms with van der Waals surface area (Å²) >= 11 is 13.1. The number of rotatable bonds is 3. The summed E-state index contributed by atoms with van der Waals surface area (Å²) in [6.07, 6.45) is 0. The maximum atomic E-state index is 5.97. The monoisotopic (exact) mass is 429 g/mol. The van der Waals surface area contributed by atoms with Crippen molar-refractivity contribution in [1.29, 1.82) is 0 Å². The van der Waals surface area contributed by atoms with Gasteiger partial charge in [0.15, 0.2) is 0 Å². The van der Waals surface area contributed by atoms with E-state index >= 15 is 0 Å². The molecule has 6 heteroatoms. The average molecular weight is 430 g/mol. The van der Waals surface area contributed by atoms with Crippen LogP contribution in [0.2, 0.25) is 5.02 Å². The van der Waals surface area contributed by atoms with Crippen LogP contribution in [-0.2, 0) is 6.61 Å². The fraction of sp³-hybridized carbons (Fsp3) is 0.100. The SMILES string of the molecule is Clc1cc(I)c(OCc2cscn2)cc1Br. The highest BCUT2D eigenvalue weighted by Gasteiger charge is 2.07. The summed E-state index contributed by atoms with van der Waals surface area (Å²) in [6, 6.07) is 3.74. The zero-order valence-corrected chi connectivity index (χ0v) is 13.2. The highest BCUT2D eigenvalue weighted by molar-refractivity contribution is 14.1. The molecule has 2 nitrogen and oxygen atoms in total. The van der Waals surface area contributed by atoms with Crippen molar-refractivity contribution >= 4 is 61.5 Å². The van der Waals surface area contributed by atoms with E-state index in [9.17, 15) is 0 Å². The van der Waals surface area contributed by atoms with Crippen LogP contribution >= 0.6 is 61.5 Å². The van der Waals surface area contributed by atoms with Gasteiger partial charge in [-0.1, -0.05) is 11.6 Å². The van der Waals surface area contributed by atoms with Gasteiger partial charge in [-0.05, 0) is 50.7 Å². The van der Waals surface area contributed by atoms with Crippen molar-refractivity contribution in [2.75, 3.05) is 0 Å². The van der Waals surface area contributed by atoms with Gasteiger partial charge in [-0.15, -0.1) is 11.3 Å². The minimum absolute atomic E-state index is 0.480. The summed E-state index contributed by atoms with van der Waals surface area (Å²) in [5.41, 5.74) is 2.73. The van der Waals surface area contributed by atoms with Crippen molar-refractivity contribution in [2.24, 2.45) is 0 Å². The predicted molar refractivity (Wildman–Crippen MR) is 78.3 cm³/mol. The topological polar surface area (TPSA) is 22.1 Å².